The highest BCUT2D eigenvalue weighted by Gasteiger charge is 2.50. The lowest BCUT2D eigenvalue weighted by Gasteiger charge is -2.16. The Morgan fingerprint density at radius 3 is 2.56 bits per heavy atom. The Hall–Kier alpha value is -1.03. The summed E-state index contributed by atoms with van der Waals surface area (Å²) in [5.74, 6) is 0.582. The third kappa shape index (κ3) is 1.61. The zero-order chi connectivity index (χ0) is 11.9. The van der Waals surface area contributed by atoms with Gasteiger partial charge in [0, 0.05) is 10.0 Å². The molecular formula is C12H13BrO3. The summed E-state index contributed by atoms with van der Waals surface area (Å²) in [6.07, 6.45) is 1.60. The van der Waals surface area contributed by atoms with E-state index in [-0.39, 0.29) is 11.5 Å². The lowest BCUT2D eigenvalue weighted by molar-refractivity contribution is -0.119. The van der Waals surface area contributed by atoms with Crippen molar-refractivity contribution in [2.75, 3.05) is 7.11 Å². The zero-order valence-corrected chi connectivity index (χ0v) is 10.8. The average molecular weight is 285 g/mol. The summed E-state index contributed by atoms with van der Waals surface area (Å²) in [4.78, 5) is 11.6. The van der Waals surface area contributed by atoms with Gasteiger partial charge in [-0.3, -0.25) is 4.79 Å². The molecule has 0 unspecified atom stereocenters. The number of phenols is 1. The predicted octanol–water partition coefficient (Wildman–Crippen LogP) is 2.78. The number of hydrogen-bond acceptors (Lipinski definition) is 3. The maximum Gasteiger partial charge on any atom is 0.162 e. The Labute approximate surface area is 103 Å². The van der Waals surface area contributed by atoms with E-state index < -0.39 is 5.41 Å². The van der Waals surface area contributed by atoms with E-state index in [0.717, 1.165) is 17.3 Å². The van der Waals surface area contributed by atoms with Gasteiger partial charge in [-0.25, -0.2) is 0 Å². The summed E-state index contributed by atoms with van der Waals surface area (Å²) in [5, 5.41) is 10.0. The number of hydrogen-bond donors (Lipinski definition) is 1. The molecular weight excluding hydrogens is 272 g/mol. The van der Waals surface area contributed by atoms with Crippen LogP contribution in [0.15, 0.2) is 16.6 Å². The molecule has 0 aliphatic heterocycles. The van der Waals surface area contributed by atoms with Crippen molar-refractivity contribution in [3.8, 4) is 11.5 Å². The number of aromatic hydroxyl groups is 1. The molecule has 4 heteroatoms. The Kier molecular flexibility index (Phi) is 2.70. The van der Waals surface area contributed by atoms with Crippen LogP contribution in [0.3, 0.4) is 0 Å². The highest BCUT2D eigenvalue weighted by Crippen LogP contribution is 2.54. The minimum Gasteiger partial charge on any atom is -0.504 e. The van der Waals surface area contributed by atoms with Crippen LogP contribution in [0.1, 0.15) is 25.3 Å². The molecule has 1 N–H and O–H groups in total. The SMILES string of the molecule is COc1cc(Br)cc(C2(C(C)=O)CC2)c1O. The van der Waals surface area contributed by atoms with Crippen LogP contribution in [0.25, 0.3) is 0 Å². The number of benzene rings is 1. The third-order valence-electron chi connectivity index (χ3n) is 3.20. The summed E-state index contributed by atoms with van der Waals surface area (Å²) < 4.78 is 5.89. The van der Waals surface area contributed by atoms with Crippen LogP contribution in [0.5, 0.6) is 11.5 Å². The quantitative estimate of drug-likeness (QED) is 0.928. The molecule has 3 nitrogen and oxygen atoms in total. The number of ketones is 1. The Morgan fingerprint density at radius 1 is 1.50 bits per heavy atom. The molecule has 1 fully saturated rings. The molecule has 1 aromatic carbocycles. The Morgan fingerprint density at radius 2 is 2.12 bits per heavy atom. The number of carbonyl (C=O) groups is 1. The first-order chi connectivity index (χ1) is 7.51. The van der Waals surface area contributed by atoms with E-state index in [2.05, 4.69) is 15.9 Å². The molecule has 1 saturated carbocycles. The van der Waals surface area contributed by atoms with Crippen molar-refractivity contribution in [3.05, 3.63) is 22.2 Å². The van der Waals surface area contributed by atoms with E-state index in [4.69, 9.17) is 4.74 Å². The summed E-state index contributed by atoms with van der Waals surface area (Å²) in [5.41, 5.74) is 0.187. The van der Waals surface area contributed by atoms with Crippen molar-refractivity contribution >= 4 is 21.7 Å². The van der Waals surface area contributed by atoms with Crippen LogP contribution >= 0.6 is 15.9 Å². The van der Waals surface area contributed by atoms with Crippen molar-refractivity contribution in [2.45, 2.75) is 25.2 Å². The molecule has 0 amide bonds. The van der Waals surface area contributed by atoms with Gasteiger partial charge in [-0.05, 0) is 31.9 Å². The molecule has 0 atom stereocenters. The van der Waals surface area contributed by atoms with Crippen LogP contribution in [-0.2, 0) is 10.2 Å². The summed E-state index contributed by atoms with van der Waals surface area (Å²) in [6.45, 7) is 1.57. The first-order valence-corrected chi connectivity index (χ1v) is 5.88. The number of methoxy groups -OCH3 is 1. The maximum absolute atomic E-state index is 11.6. The molecule has 1 aliphatic carbocycles. The number of halogens is 1. The van der Waals surface area contributed by atoms with Gasteiger partial charge in [-0.15, -0.1) is 0 Å². The Balaban J connectivity index is 2.57. The van der Waals surface area contributed by atoms with Crippen molar-refractivity contribution in [1.29, 1.82) is 0 Å². The van der Waals surface area contributed by atoms with Gasteiger partial charge in [0.1, 0.15) is 5.78 Å². The normalized spacial score (nSPS) is 16.9. The lowest BCUT2D eigenvalue weighted by atomic mass is 9.91. The maximum atomic E-state index is 11.6. The minimum atomic E-state index is -0.485. The number of carbonyl (C=O) groups excluding carboxylic acids is 1. The minimum absolute atomic E-state index is 0.0819. The predicted molar refractivity (Wildman–Crippen MR) is 64.0 cm³/mol. The smallest absolute Gasteiger partial charge is 0.162 e. The zero-order valence-electron chi connectivity index (χ0n) is 9.21. The van der Waals surface area contributed by atoms with E-state index in [9.17, 15) is 9.90 Å². The first-order valence-electron chi connectivity index (χ1n) is 5.09. The van der Waals surface area contributed by atoms with Gasteiger partial charge < -0.3 is 9.84 Å². The molecule has 0 heterocycles. The Bertz CT molecular complexity index is 450. The number of ether oxygens (including phenoxy) is 1. The fourth-order valence-corrected chi connectivity index (χ4v) is 2.47. The van der Waals surface area contributed by atoms with Gasteiger partial charge in [0.25, 0.3) is 0 Å². The van der Waals surface area contributed by atoms with Gasteiger partial charge in [0.2, 0.25) is 0 Å². The van der Waals surface area contributed by atoms with Crippen molar-refractivity contribution in [2.24, 2.45) is 0 Å². The molecule has 0 bridgehead atoms. The van der Waals surface area contributed by atoms with E-state index >= 15 is 0 Å². The fourth-order valence-electron chi connectivity index (χ4n) is 2.03. The van der Waals surface area contributed by atoms with Crippen LogP contribution in [0.2, 0.25) is 0 Å². The van der Waals surface area contributed by atoms with Crippen molar-refractivity contribution < 1.29 is 14.6 Å². The standard InChI is InChI=1S/C12H13BrO3/c1-7(14)12(3-4-12)9-5-8(13)6-10(16-2)11(9)15/h5-6,15H,3-4H2,1-2H3. The molecule has 86 valence electrons. The summed E-state index contributed by atoms with van der Waals surface area (Å²) in [6, 6.07) is 3.49. The van der Waals surface area contributed by atoms with Crippen molar-refractivity contribution in [3.63, 3.8) is 0 Å². The van der Waals surface area contributed by atoms with Crippen LogP contribution < -0.4 is 4.74 Å². The van der Waals surface area contributed by atoms with E-state index in [1.165, 1.54) is 7.11 Å². The molecule has 0 saturated heterocycles. The van der Waals surface area contributed by atoms with Crippen LogP contribution in [0.4, 0.5) is 0 Å². The average Bonchev–Trinajstić information content (AvgIpc) is 3.02. The second-order valence-corrected chi connectivity index (χ2v) is 5.06. The van der Waals surface area contributed by atoms with Gasteiger partial charge in [-0.1, -0.05) is 15.9 Å². The largest absolute Gasteiger partial charge is 0.504 e. The summed E-state index contributed by atoms with van der Waals surface area (Å²) in [7, 11) is 1.50. The van der Waals surface area contributed by atoms with Gasteiger partial charge in [0.05, 0.1) is 12.5 Å². The van der Waals surface area contributed by atoms with Gasteiger partial charge in [0.15, 0.2) is 11.5 Å². The van der Waals surface area contributed by atoms with E-state index in [1.54, 1.807) is 19.1 Å². The monoisotopic (exact) mass is 284 g/mol. The number of Topliss-reactive ketones (excluding diaryl/α,β-unsaturated/α-hetero) is 1. The number of rotatable bonds is 3. The second-order valence-electron chi connectivity index (χ2n) is 4.14. The van der Waals surface area contributed by atoms with E-state index in [0.29, 0.717) is 11.3 Å². The fraction of sp³-hybridized carbons (Fsp3) is 0.417. The van der Waals surface area contributed by atoms with Crippen LogP contribution in [-0.4, -0.2) is 18.0 Å². The molecule has 0 spiro atoms. The van der Waals surface area contributed by atoms with E-state index in [1.807, 2.05) is 0 Å². The molecule has 16 heavy (non-hydrogen) atoms. The van der Waals surface area contributed by atoms with Gasteiger partial charge >= 0.3 is 0 Å². The number of phenolic OH excluding ortho intramolecular Hbond substituents is 1. The topological polar surface area (TPSA) is 46.5 Å². The highest BCUT2D eigenvalue weighted by atomic mass is 79.9. The molecule has 1 aliphatic rings. The molecule has 2 rings (SSSR count). The lowest BCUT2D eigenvalue weighted by Crippen LogP contribution is -2.17. The first kappa shape index (κ1) is 11.5. The highest BCUT2D eigenvalue weighted by molar-refractivity contribution is 9.10. The third-order valence-corrected chi connectivity index (χ3v) is 3.66. The molecule has 1 aromatic rings. The molecule has 0 radical (unpaired) electrons. The van der Waals surface area contributed by atoms with Gasteiger partial charge in [-0.2, -0.15) is 0 Å². The second kappa shape index (κ2) is 3.77. The van der Waals surface area contributed by atoms with Crippen LogP contribution in [0, 0.1) is 0 Å². The summed E-state index contributed by atoms with van der Waals surface area (Å²) >= 11 is 3.35. The van der Waals surface area contributed by atoms with Crippen molar-refractivity contribution in [1.82, 2.24) is 0 Å². The molecule has 0 aromatic heterocycles.